The zero-order chi connectivity index (χ0) is 7.84. The first-order valence-electron chi connectivity index (χ1n) is 3.98. The molecule has 0 aromatic heterocycles. The molecule has 1 aromatic rings. The molecule has 2 rings (SSSR count). The molecule has 1 heteroatoms. The number of alkyl halides is 1. The topological polar surface area (TPSA) is 0 Å². The maximum absolute atomic E-state index is 12.8. The highest BCUT2D eigenvalue weighted by molar-refractivity contribution is 5.36. The summed E-state index contributed by atoms with van der Waals surface area (Å²) in [5.41, 5.74) is 3.64. The van der Waals surface area contributed by atoms with Crippen LogP contribution >= 0.6 is 0 Å². The zero-order valence-corrected chi connectivity index (χ0v) is 6.60. The summed E-state index contributed by atoms with van der Waals surface area (Å²) in [6, 6.07) is 6.19. The lowest BCUT2D eigenvalue weighted by Crippen LogP contribution is -1.95. The van der Waals surface area contributed by atoms with Crippen LogP contribution in [-0.2, 0) is 12.8 Å². The van der Waals surface area contributed by atoms with Crippen LogP contribution in [0, 0.1) is 6.92 Å². The average Bonchev–Trinajstić information content (AvgIpc) is 2.27. The van der Waals surface area contributed by atoms with Crippen molar-refractivity contribution >= 4 is 0 Å². The Hall–Kier alpha value is -0.850. The molecular formula is C10H11F. The van der Waals surface area contributed by atoms with Gasteiger partial charge in [-0.05, 0) is 18.1 Å². The van der Waals surface area contributed by atoms with Gasteiger partial charge in [0, 0.05) is 12.8 Å². The molecule has 0 bridgehead atoms. The lowest BCUT2D eigenvalue weighted by molar-refractivity contribution is 0.349. The van der Waals surface area contributed by atoms with E-state index in [-0.39, 0.29) is 0 Å². The van der Waals surface area contributed by atoms with E-state index in [1.807, 2.05) is 13.0 Å². The van der Waals surface area contributed by atoms with Crippen LogP contribution in [-0.4, -0.2) is 6.17 Å². The van der Waals surface area contributed by atoms with Crippen LogP contribution < -0.4 is 0 Å². The quantitative estimate of drug-likeness (QED) is 0.533. The minimum atomic E-state index is -0.633. The van der Waals surface area contributed by atoms with Gasteiger partial charge in [-0.1, -0.05) is 23.8 Å². The van der Waals surface area contributed by atoms with E-state index in [0.717, 1.165) is 0 Å². The Bertz CT molecular complexity index is 278. The van der Waals surface area contributed by atoms with Crippen LogP contribution in [0.4, 0.5) is 4.39 Å². The van der Waals surface area contributed by atoms with Gasteiger partial charge in [0.05, 0.1) is 0 Å². The molecule has 0 saturated heterocycles. The molecule has 0 aliphatic heterocycles. The largest absolute Gasteiger partial charge is 0.247 e. The Morgan fingerprint density at radius 3 is 2.82 bits per heavy atom. The van der Waals surface area contributed by atoms with E-state index in [9.17, 15) is 4.39 Å². The number of fused-ring (bicyclic) bond motifs is 1. The molecule has 1 aromatic carbocycles. The van der Waals surface area contributed by atoms with Crippen molar-refractivity contribution < 1.29 is 4.39 Å². The van der Waals surface area contributed by atoms with Crippen LogP contribution in [0.25, 0.3) is 0 Å². The molecule has 0 nitrogen and oxygen atoms in total. The van der Waals surface area contributed by atoms with Gasteiger partial charge in [0.2, 0.25) is 0 Å². The summed E-state index contributed by atoms with van der Waals surface area (Å²) in [7, 11) is 0. The zero-order valence-electron chi connectivity index (χ0n) is 6.60. The molecule has 0 fully saturated rings. The summed E-state index contributed by atoms with van der Waals surface area (Å²) in [5.74, 6) is 0. The molecule has 1 atom stereocenters. The third-order valence-electron chi connectivity index (χ3n) is 2.24. The Kier molecular flexibility index (Phi) is 1.45. The number of aryl methyl sites for hydroxylation is 1. The lowest BCUT2D eigenvalue weighted by atomic mass is 10.1. The fourth-order valence-corrected chi connectivity index (χ4v) is 1.69. The van der Waals surface area contributed by atoms with E-state index >= 15 is 0 Å². The van der Waals surface area contributed by atoms with Crippen molar-refractivity contribution in [3.63, 3.8) is 0 Å². The second-order valence-corrected chi connectivity index (χ2v) is 3.28. The number of rotatable bonds is 0. The van der Waals surface area contributed by atoms with E-state index in [1.54, 1.807) is 0 Å². The normalized spacial score (nSPS) is 21.8. The highest BCUT2D eigenvalue weighted by Crippen LogP contribution is 2.24. The molecule has 0 amide bonds. The summed E-state index contributed by atoms with van der Waals surface area (Å²) < 4.78 is 12.8. The summed E-state index contributed by atoms with van der Waals surface area (Å²) in [5, 5.41) is 0. The van der Waals surface area contributed by atoms with Crippen LogP contribution in [0.2, 0.25) is 0 Å². The fraction of sp³-hybridized carbons (Fsp3) is 0.400. The van der Waals surface area contributed by atoms with Crippen LogP contribution in [0.5, 0.6) is 0 Å². The first-order chi connectivity index (χ1) is 5.25. The summed E-state index contributed by atoms with van der Waals surface area (Å²) >= 11 is 0. The van der Waals surface area contributed by atoms with Crippen molar-refractivity contribution in [2.75, 3.05) is 0 Å². The SMILES string of the molecule is Cc1ccc2c(c1)CC(F)C2. The Morgan fingerprint density at radius 1 is 1.27 bits per heavy atom. The maximum atomic E-state index is 12.8. The van der Waals surface area contributed by atoms with Crippen molar-refractivity contribution in [1.29, 1.82) is 0 Å². The number of hydrogen-bond acceptors (Lipinski definition) is 0. The standard InChI is InChI=1S/C10H11F/c1-7-2-3-8-5-10(11)6-9(8)4-7/h2-4,10H,5-6H2,1H3. The second kappa shape index (κ2) is 2.33. The Morgan fingerprint density at radius 2 is 2.00 bits per heavy atom. The smallest absolute Gasteiger partial charge is 0.108 e. The minimum Gasteiger partial charge on any atom is -0.247 e. The van der Waals surface area contributed by atoms with Gasteiger partial charge in [-0.25, -0.2) is 4.39 Å². The van der Waals surface area contributed by atoms with Crippen molar-refractivity contribution in [3.8, 4) is 0 Å². The highest BCUT2D eigenvalue weighted by atomic mass is 19.1. The molecule has 0 N–H and O–H groups in total. The molecule has 0 saturated carbocycles. The van der Waals surface area contributed by atoms with E-state index in [4.69, 9.17) is 0 Å². The number of halogens is 1. The van der Waals surface area contributed by atoms with Gasteiger partial charge in [0.15, 0.2) is 0 Å². The predicted molar refractivity (Wildman–Crippen MR) is 43.5 cm³/mol. The Balaban J connectivity index is 2.43. The van der Waals surface area contributed by atoms with Gasteiger partial charge in [-0.3, -0.25) is 0 Å². The van der Waals surface area contributed by atoms with E-state index in [1.165, 1.54) is 16.7 Å². The van der Waals surface area contributed by atoms with Gasteiger partial charge in [-0.2, -0.15) is 0 Å². The first kappa shape index (κ1) is 6.84. The third kappa shape index (κ3) is 1.15. The molecule has 1 aliphatic rings. The van der Waals surface area contributed by atoms with Crippen LogP contribution in [0.15, 0.2) is 18.2 Å². The van der Waals surface area contributed by atoms with Crippen LogP contribution in [0.1, 0.15) is 16.7 Å². The van der Waals surface area contributed by atoms with E-state index in [2.05, 4.69) is 12.1 Å². The van der Waals surface area contributed by atoms with Crippen molar-refractivity contribution in [2.24, 2.45) is 0 Å². The number of benzene rings is 1. The molecule has 0 spiro atoms. The highest BCUT2D eigenvalue weighted by Gasteiger charge is 2.19. The third-order valence-corrected chi connectivity index (χ3v) is 2.24. The average molecular weight is 150 g/mol. The molecule has 11 heavy (non-hydrogen) atoms. The molecule has 1 unspecified atom stereocenters. The molecular weight excluding hydrogens is 139 g/mol. The molecule has 58 valence electrons. The minimum absolute atomic E-state index is 0.621. The summed E-state index contributed by atoms with van der Waals surface area (Å²) in [6.45, 7) is 2.05. The number of hydrogen-bond donors (Lipinski definition) is 0. The fourth-order valence-electron chi connectivity index (χ4n) is 1.69. The van der Waals surface area contributed by atoms with Gasteiger partial charge in [0.1, 0.15) is 6.17 Å². The van der Waals surface area contributed by atoms with Gasteiger partial charge in [0.25, 0.3) is 0 Å². The molecule has 1 aliphatic carbocycles. The maximum Gasteiger partial charge on any atom is 0.108 e. The van der Waals surface area contributed by atoms with Crippen molar-refractivity contribution in [3.05, 3.63) is 34.9 Å². The molecule has 0 heterocycles. The molecule has 0 radical (unpaired) electrons. The summed E-state index contributed by atoms with van der Waals surface area (Å²) in [6.07, 6.45) is 0.610. The monoisotopic (exact) mass is 150 g/mol. The van der Waals surface area contributed by atoms with Crippen molar-refractivity contribution in [1.82, 2.24) is 0 Å². The second-order valence-electron chi connectivity index (χ2n) is 3.28. The van der Waals surface area contributed by atoms with Gasteiger partial charge >= 0.3 is 0 Å². The van der Waals surface area contributed by atoms with Gasteiger partial charge in [-0.15, -0.1) is 0 Å². The van der Waals surface area contributed by atoms with E-state index < -0.39 is 6.17 Å². The van der Waals surface area contributed by atoms with E-state index in [0.29, 0.717) is 12.8 Å². The first-order valence-corrected chi connectivity index (χ1v) is 3.98. The summed E-state index contributed by atoms with van der Waals surface area (Å²) in [4.78, 5) is 0. The van der Waals surface area contributed by atoms with Crippen molar-refractivity contribution in [2.45, 2.75) is 25.9 Å². The Labute approximate surface area is 66.1 Å². The van der Waals surface area contributed by atoms with Crippen LogP contribution in [0.3, 0.4) is 0 Å². The lowest BCUT2D eigenvalue weighted by Gasteiger charge is -1.97. The predicted octanol–water partition coefficient (Wildman–Crippen LogP) is 2.43. The van der Waals surface area contributed by atoms with Gasteiger partial charge < -0.3 is 0 Å².